The van der Waals surface area contributed by atoms with Gasteiger partial charge in [-0.15, -0.1) is 11.3 Å². The summed E-state index contributed by atoms with van der Waals surface area (Å²) in [6.45, 7) is 0. The van der Waals surface area contributed by atoms with Crippen molar-refractivity contribution in [1.29, 1.82) is 0 Å². The van der Waals surface area contributed by atoms with Crippen LogP contribution in [-0.2, 0) is 0 Å². The van der Waals surface area contributed by atoms with E-state index in [1.165, 1.54) is 58.6 Å². The number of hydrogen-bond donors (Lipinski definition) is 0. The molecule has 0 aliphatic rings. The van der Waals surface area contributed by atoms with Crippen LogP contribution in [0, 0.1) is 0 Å². The van der Waals surface area contributed by atoms with Crippen molar-refractivity contribution in [2.75, 3.05) is 4.90 Å². The molecule has 9 aromatic carbocycles. The fourth-order valence-electron chi connectivity index (χ4n) is 8.40. The van der Waals surface area contributed by atoms with Gasteiger partial charge in [-0.3, -0.25) is 0 Å². The molecule has 0 unspecified atom stereocenters. The van der Waals surface area contributed by atoms with E-state index in [4.69, 9.17) is 4.98 Å². The van der Waals surface area contributed by atoms with Crippen LogP contribution in [0.4, 0.5) is 17.1 Å². The summed E-state index contributed by atoms with van der Waals surface area (Å²) >= 11 is 1.88. The molecule has 2 heterocycles. The lowest BCUT2D eigenvalue weighted by Crippen LogP contribution is -2.10. The fourth-order valence-corrected chi connectivity index (χ4v) is 9.66. The molecule has 0 aliphatic heterocycles. The summed E-state index contributed by atoms with van der Waals surface area (Å²) in [5.74, 6) is 0. The predicted molar refractivity (Wildman–Crippen MR) is 249 cm³/mol. The first-order chi connectivity index (χ1) is 28.7. The number of benzene rings is 9. The highest BCUT2D eigenvalue weighted by molar-refractivity contribution is 7.26. The van der Waals surface area contributed by atoms with Crippen LogP contribution in [0.5, 0.6) is 0 Å². The molecule has 58 heavy (non-hydrogen) atoms. The predicted octanol–water partition coefficient (Wildman–Crippen LogP) is 15.9. The maximum atomic E-state index is 5.27. The molecule has 0 atom stereocenters. The third kappa shape index (κ3) is 6.01. The zero-order valence-electron chi connectivity index (χ0n) is 31.6. The van der Waals surface area contributed by atoms with E-state index in [9.17, 15) is 0 Å². The molecule has 2 nitrogen and oxygen atoms in total. The Morgan fingerprint density at radius 1 is 0.328 bits per heavy atom. The van der Waals surface area contributed by atoms with Crippen LogP contribution in [0.15, 0.2) is 218 Å². The molecule has 272 valence electrons. The van der Waals surface area contributed by atoms with Gasteiger partial charge in [0.25, 0.3) is 0 Å². The first-order valence-corrected chi connectivity index (χ1v) is 20.5. The highest BCUT2D eigenvalue weighted by Crippen LogP contribution is 2.44. The molecule has 11 rings (SSSR count). The molecular weight excluding hydrogens is 721 g/mol. The molecule has 0 spiro atoms. The van der Waals surface area contributed by atoms with Crippen LogP contribution in [0.25, 0.3) is 86.5 Å². The standard InChI is InChI=1S/C55H36N2S/c1-3-12-37(13-4-1)40-26-30-44(31-27-40)57(46-17-11-16-43(36-46)38-14-5-2-6-15-38)45-32-28-41(29-33-45)39-22-24-42(25-23-39)54-50-35-34-48-47-18-8-10-21-52(47)58-55(48)53(50)49-19-7-9-20-51(49)56-54/h1-36H. The molecule has 0 radical (unpaired) electrons. The quantitative estimate of drug-likeness (QED) is 0.151. The van der Waals surface area contributed by atoms with E-state index in [0.29, 0.717) is 0 Å². The normalized spacial score (nSPS) is 11.4. The van der Waals surface area contributed by atoms with Crippen molar-refractivity contribution >= 4 is 70.2 Å². The first-order valence-electron chi connectivity index (χ1n) is 19.7. The van der Waals surface area contributed by atoms with E-state index in [2.05, 4.69) is 223 Å². The molecule has 0 bridgehead atoms. The fraction of sp³-hybridized carbons (Fsp3) is 0. The van der Waals surface area contributed by atoms with Gasteiger partial charge < -0.3 is 4.90 Å². The largest absolute Gasteiger partial charge is 0.310 e. The summed E-state index contributed by atoms with van der Waals surface area (Å²) in [7, 11) is 0. The highest BCUT2D eigenvalue weighted by atomic mass is 32.1. The minimum Gasteiger partial charge on any atom is -0.310 e. The summed E-state index contributed by atoms with van der Waals surface area (Å²) in [5, 5.41) is 6.28. The van der Waals surface area contributed by atoms with Gasteiger partial charge in [0.2, 0.25) is 0 Å². The van der Waals surface area contributed by atoms with Crippen LogP contribution < -0.4 is 4.90 Å². The third-order valence-electron chi connectivity index (χ3n) is 11.3. The van der Waals surface area contributed by atoms with Crippen LogP contribution in [0.2, 0.25) is 0 Å². The molecule has 0 saturated heterocycles. The average Bonchev–Trinajstić information content (AvgIpc) is 3.69. The van der Waals surface area contributed by atoms with Crippen molar-refractivity contribution in [3.8, 4) is 44.6 Å². The summed E-state index contributed by atoms with van der Waals surface area (Å²) in [5.41, 5.74) is 13.6. The third-order valence-corrected chi connectivity index (χ3v) is 12.5. The first kappa shape index (κ1) is 34.0. The lowest BCUT2D eigenvalue weighted by Gasteiger charge is -2.26. The Morgan fingerprint density at radius 3 is 1.50 bits per heavy atom. The number of rotatable bonds is 7. The molecule has 0 N–H and O–H groups in total. The Hall–Kier alpha value is -7.33. The van der Waals surface area contributed by atoms with Gasteiger partial charge in [0.05, 0.1) is 11.2 Å². The SMILES string of the molecule is c1ccc(-c2ccc(N(c3ccc(-c4ccc(-c5nc6ccccc6c6c5ccc5c7ccccc7sc56)cc4)cc3)c3cccc(-c4ccccc4)c3)cc2)cc1. The maximum Gasteiger partial charge on any atom is 0.0788 e. The van der Waals surface area contributed by atoms with Crippen molar-refractivity contribution < 1.29 is 0 Å². The highest BCUT2D eigenvalue weighted by Gasteiger charge is 2.17. The molecule has 3 heteroatoms. The number of pyridine rings is 1. The Kier molecular flexibility index (Phi) is 8.38. The summed E-state index contributed by atoms with van der Waals surface area (Å²) in [4.78, 5) is 7.62. The summed E-state index contributed by atoms with van der Waals surface area (Å²) in [6.07, 6.45) is 0. The van der Waals surface area contributed by atoms with E-state index in [-0.39, 0.29) is 0 Å². The molecule has 2 aromatic heterocycles. The minimum absolute atomic E-state index is 1.02. The van der Waals surface area contributed by atoms with Crippen LogP contribution in [0.3, 0.4) is 0 Å². The lowest BCUT2D eigenvalue weighted by molar-refractivity contribution is 1.28. The number of fused-ring (bicyclic) bond motifs is 7. The van der Waals surface area contributed by atoms with Crippen LogP contribution >= 0.6 is 11.3 Å². The number of aromatic nitrogens is 1. The Balaban J connectivity index is 0.961. The molecule has 0 saturated carbocycles. The topological polar surface area (TPSA) is 16.1 Å². The molecule has 0 amide bonds. The lowest BCUT2D eigenvalue weighted by atomic mass is 9.96. The number of para-hydroxylation sites is 1. The van der Waals surface area contributed by atoms with Crippen molar-refractivity contribution in [2.45, 2.75) is 0 Å². The zero-order valence-corrected chi connectivity index (χ0v) is 32.4. The molecule has 11 aromatic rings. The van der Waals surface area contributed by atoms with E-state index in [1.807, 2.05) is 11.3 Å². The Morgan fingerprint density at radius 2 is 0.828 bits per heavy atom. The zero-order chi connectivity index (χ0) is 38.4. The van der Waals surface area contributed by atoms with E-state index < -0.39 is 0 Å². The Bertz CT molecular complexity index is 3240. The molecular formula is C55H36N2S. The number of anilines is 3. The monoisotopic (exact) mass is 756 g/mol. The number of thiophene rings is 1. The van der Waals surface area contributed by atoms with Crippen LogP contribution in [-0.4, -0.2) is 4.98 Å². The van der Waals surface area contributed by atoms with Gasteiger partial charge in [0, 0.05) is 59.0 Å². The maximum absolute atomic E-state index is 5.27. The van der Waals surface area contributed by atoms with Crippen molar-refractivity contribution in [1.82, 2.24) is 4.98 Å². The second kappa shape index (κ2) is 14.3. The van der Waals surface area contributed by atoms with Crippen molar-refractivity contribution in [3.63, 3.8) is 0 Å². The van der Waals surface area contributed by atoms with Gasteiger partial charge >= 0.3 is 0 Å². The average molecular weight is 757 g/mol. The van der Waals surface area contributed by atoms with Gasteiger partial charge in [-0.2, -0.15) is 0 Å². The minimum atomic E-state index is 1.02. The summed E-state index contributed by atoms with van der Waals surface area (Å²) in [6, 6.07) is 78.5. The van der Waals surface area contributed by atoms with Gasteiger partial charge in [-0.1, -0.05) is 170 Å². The van der Waals surface area contributed by atoms with E-state index >= 15 is 0 Å². The second-order valence-electron chi connectivity index (χ2n) is 14.7. The van der Waals surface area contributed by atoms with Crippen LogP contribution in [0.1, 0.15) is 0 Å². The van der Waals surface area contributed by atoms with Crippen molar-refractivity contribution in [3.05, 3.63) is 218 Å². The van der Waals surface area contributed by atoms with Gasteiger partial charge in [-0.05, 0) is 81.9 Å². The molecule has 0 aliphatic carbocycles. The smallest absolute Gasteiger partial charge is 0.0788 e. The van der Waals surface area contributed by atoms with E-state index in [0.717, 1.165) is 45.0 Å². The number of nitrogens with zero attached hydrogens (tertiary/aromatic N) is 2. The number of hydrogen-bond acceptors (Lipinski definition) is 3. The summed E-state index contributed by atoms with van der Waals surface area (Å²) < 4.78 is 2.64. The van der Waals surface area contributed by atoms with Gasteiger partial charge in [0.1, 0.15) is 0 Å². The molecule has 0 fully saturated rings. The van der Waals surface area contributed by atoms with E-state index in [1.54, 1.807) is 0 Å². The Labute approximate surface area is 341 Å². The van der Waals surface area contributed by atoms with Gasteiger partial charge in [0.15, 0.2) is 0 Å². The second-order valence-corrected chi connectivity index (χ2v) is 15.8. The van der Waals surface area contributed by atoms with Crippen molar-refractivity contribution in [2.24, 2.45) is 0 Å². The van der Waals surface area contributed by atoms with Gasteiger partial charge in [-0.25, -0.2) is 4.98 Å².